The Morgan fingerprint density at radius 2 is 1.67 bits per heavy atom. The maximum absolute atomic E-state index is 12.1. The zero-order chi connectivity index (χ0) is 21.3. The fraction of sp³-hybridized carbons (Fsp3) is 0.130. The molecule has 30 heavy (non-hydrogen) atoms. The molecular formula is C23H20Cl2N2O3. The Bertz CT molecular complexity index is 1010. The highest BCUT2D eigenvalue weighted by Crippen LogP contribution is 2.17. The van der Waals surface area contributed by atoms with Crippen molar-refractivity contribution in [3.05, 3.63) is 94.0 Å². The van der Waals surface area contributed by atoms with Crippen LogP contribution in [0, 0.1) is 0 Å². The molecule has 3 aromatic rings. The number of hydrogen-bond donors (Lipinski definition) is 1. The average Bonchev–Trinajstić information content (AvgIpc) is 2.75. The molecule has 0 fully saturated rings. The number of hydrogen-bond acceptors (Lipinski definition) is 4. The van der Waals surface area contributed by atoms with Gasteiger partial charge in [0.15, 0.2) is 6.10 Å². The van der Waals surface area contributed by atoms with E-state index in [-0.39, 0.29) is 5.91 Å². The van der Waals surface area contributed by atoms with E-state index in [9.17, 15) is 4.79 Å². The predicted octanol–water partition coefficient (Wildman–Crippen LogP) is 5.49. The van der Waals surface area contributed by atoms with Gasteiger partial charge in [0.25, 0.3) is 5.91 Å². The molecule has 0 bridgehead atoms. The van der Waals surface area contributed by atoms with Crippen molar-refractivity contribution in [2.75, 3.05) is 0 Å². The number of carbonyl (C=O) groups is 1. The minimum absolute atomic E-state index is 0.364. The van der Waals surface area contributed by atoms with Crippen molar-refractivity contribution in [3.8, 4) is 11.5 Å². The molecule has 1 atom stereocenters. The summed E-state index contributed by atoms with van der Waals surface area (Å²) in [5.74, 6) is 0.882. The van der Waals surface area contributed by atoms with Crippen LogP contribution in [0.5, 0.6) is 11.5 Å². The summed E-state index contributed by atoms with van der Waals surface area (Å²) in [7, 11) is 0. The first kappa shape index (κ1) is 21.7. The van der Waals surface area contributed by atoms with Gasteiger partial charge in [-0.05, 0) is 66.6 Å². The van der Waals surface area contributed by atoms with Crippen LogP contribution in [-0.2, 0) is 11.4 Å². The molecule has 0 aliphatic rings. The highest BCUT2D eigenvalue weighted by Gasteiger charge is 2.13. The Kier molecular flexibility index (Phi) is 7.71. The molecule has 1 N–H and O–H groups in total. The normalized spacial score (nSPS) is 11.8. The summed E-state index contributed by atoms with van der Waals surface area (Å²) in [6.45, 7) is 2.07. The average molecular weight is 443 g/mol. The van der Waals surface area contributed by atoms with Gasteiger partial charge in [-0.3, -0.25) is 4.79 Å². The number of amides is 1. The molecule has 3 rings (SSSR count). The van der Waals surface area contributed by atoms with Gasteiger partial charge >= 0.3 is 0 Å². The molecule has 0 spiro atoms. The van der Waals surface area contributed by atoms with Crippen LogP contribution >= 0.6 is 23.2 Å². The van der Waals surface area contributed by atoms with E-state index in [4.69, 9.17) is 32.7 Å². The molecule has 0 aliphatic carbocycles. The SMILES string of the molecule is CC(Oc1ccc(Cl)cc1)C(=O)N/N=C/c1cccc(OCc2ccc(Cl)cc2)c1. The highest BCUT2D eigenvalue weighted by molar-refractivity contribution is 6.30. The molecule has 0 aliphatic heterocycles. The van der Waals surface area contributed by atoms with Gasteiger partial charge in [-0.25, -0.2) is 5.43 Å². The van der Waals surface area contributed by atoms with Crippen LogP contribution in [0.25, 0.3) is 0 Å². The van der Waals surface area contributed by atoms with Crippen molar-refractivity contribution >= 4 is 35.3 Å². The summed E-state index contributed by atoms with van der Waals surface area (Å²) >= 11 is 11.7. The van der Waals surface area contributed by atoms with Crippen LogP contribution in [0.1, 0.15) is 18.1 Å². The van der Waals surface area contributed by atoms with Crippen molar-refractivity contribution < 1.29 is 14.3 Å². The summed E-state index contributed by atoms with van der Waals surface area (Å²) in [6, 6.07) is 21.7. The minimum atomic E-state index is -0.711. The van der Waals surface area contributed by atoms with E-state index < -0.39 is 6.10 Å². The zero-order valence-corrected chi connectivity index (χ0v) is 17.7. The van der Waals surface area contributed by atoms with E-state index in [0.717, 1.165) is 11.1 Å². The Hall–Kier alpha value is -3.02. The maximum atomic E-state index is 12.1. The van der Waals surface area contributed by atoms with E-state index >= 15 is 0 Å². The Labute approximate surface area is 185 Å². The van der Waals surface area contributed by atoms with E-state index in [0.29, 0.717) is 28.2 Å². The molecule has 5 nitrogen and oxygen atoms in total. The maximum Gasteiger partial charge on any atom is 0.280 e. The second kappa shape index (κ2) is 10.7. The van der Waals surface area contributed by atoms with Gasteiger partial charge in [-0.1, -0.05) is 47.5 Å². The van der Waals surface area contributed by atoms with E-state index in [1.807, 2.05) is 48.5 Å². The number of benzene rings is 3. The predicted molar refractivity (Wildman–Crippen MR) is 120 cm³/mol. The van der Waals surface area contributed by atoms with Crippen molar-refractivity contribution in [2.45, 2.75) is 19.6 Å². The van der Waals surface area contributed by atoms with E-state index in [1.165, 1.54) is 0 Å². The number of hydrazone groups is 1. The van der Waals surface area contributed by atoms with Crippen LogP contribution in [0.2, 0.25) is 10.0 Å². The number of halogens is 2. The fourth-order valence-corrected chi connectivity index (χ4v) is 2.72. The molecule has 3 aromatic carbocycles. The Morgan fingerprint density at radius 1 is 1.00 bits per heavy atom. The summed E-state index contributed by atoms with van der Waals surface area (Å²) in [5, 5.41) is 5.28. The van der Waals surface area contributed by atoms with Crippen molar-refractivity contribution in [1.29, 1.82) is 0 Å². The minimum Gasteiger partial charge on any atom is -0.489 e. The van der Waals surface area contributed by atoms with Gasteiger partial charge in [-0.15, -0.1) is 0 Å². The molecule has 0 saturated carbocycles. The first-order valence-electron chi connectivity index (χ1n) is 9.22. The van der Waals surface area contributed by atoms with Gasteiger partial charge < -0.3 is 9.47 Å². The van der Waals surface area contributed by atoms with Gasteiger partial charge in [0.2, 0.25) is 0 Å². The lowest BCUT2D eigenvalue weighted by Crippen LogP contribution is -2.33. The van der Waals surface area contributed by atoms with Crippen LogP contribution in [-0.4, -0.2) is 18.2 Å². The van der Waals surface area contributed by atoms with Crippen LogP contribution < -0.4 is 14.9 Å². The number of carbonyl (C=O) groups excluding carboxylic acids is 1. The van der Waals surface area contributed by atoms with E-state index in [2.05, 4.69) is 10.5 Å². The van der Waals surface area contributed by atoms with Crippen molar-refractivity contribution in [2.24, 2.45) is 5.10 Å². The molecule has 154 valence electrons. The van der Waals surface area contributed by atoms with Crippen LogP contribution in [0.15, 0.2) is 77.9 Å². The molecular weight excluding hydrogens is 423 g/mol. The largest absolute Gasteiger partial charge is 0.489 e. The number of rotatable bonds is 8. The Morgan fingerprint density at radius 3 is 2.37 bits per heavy atom. The van der Waals surface area contributed by atoms with Gasteiger partial charge in [0, 0.05) is 10.0 Å². The smallest absolute Gasteiger partial charge is 0.280 e. The Balaban J connectivity index is 1.50. The van der Waals surface area contributed by atoms with Crippen LogP contribution in [0.4, 0.5) is 0 Å². The molecule has 1 amide bonds. The molecule has 0 aromatic heterocycles. The highest BCUT2D eigenvalue weighted by atomic mass is 35.5. The van der Waals surface area contributed by atoms with Crippen molar-refractivity contribution in [3.63, 3.8) is 0 Å². The fourth-order valence-electron chi connectivity index (χ4n) is 2.46. The molecule has 0 saturated heterocycles. The monoisotopic (exact) mass is 442 g/mol. The standard InChI is InChI=1S/C23H20Cl2N2O3/c1-16(30-21-11-9-20(25)10-12-21)23(28)27-26-14-18-3-2-4-22(13-18)29-15-17-5-7-19(24)8-6-17/h2-14,16H,15H2,1H3,(H,27,28)/b26-14+. The third kappa shape index (κ3) is 6.79. The second-order valence-electron chi connectivity index (χ2n) is 6.44. The topological polar surface area (TPSA) is 59.9 Å². The molecule has 7 heteroatoms. The molecule has 0 heterocycles. The summed E-state index contributed by atoms with van der Waals surface area (Å²) in [5.41, 5.74) is 4.27. The summed E-state index contributed by atoms with van der Waals surface area (Å²) in [6.07, 6.45) is 0.833. The first-order valence-corrected chi connectivity index (χ1v) is 9.97. The van der Waals surface area contributed by atoms with Gasteiger partial charge in [0.05, 0.1) is 6.21 Å². The number of nitrogens with one attached hydrogen (secondary N) is 1. The number of ether oxygens (including phenoxy) is 2. The summed E-state index contributed by atoms with van der Waals surface area (Å²) in [4.78, 5) is 12.1. The van der Waals surface area contributed by atoms with Gasteiger partial charge in [0.1, 0.15) is 18.1 Å². The first-order chi connectivity index (χ1) is 14.5. The lowest BCUT2D eigenvalue weighted by Gasteiger charge is -2.12. The molecule has 1 unspecified atom stereocenters. The lowest BCUT2D eigenvalue weighted by atomic mass is 10.2. The van der Waals surface area contributed by atoms with Crippen LogP contribution in [0.3, 0.4) is 0 Å². The quantitative estimate of drug-likeness (QED) is 0.370. The van der Waals surface area contributed by atoms with Gasteiger partial charge in [-0.2, -0.15) is 5.10 Å². The third-order valence-electron chi connectivity index (χ3n) is 4.06. The zero-order valence-electron chi connectivity index (χ0n) is 16.2. The van der Waals surface area contributed by atoms with E-state index in [1.54, 1.807) is 37.4 Å². The molecule has 0 radical (unpaired) electrons. The third-order valence-corrected chi connectivity index (χ3v) is 4.56. The van der Waals surface area contributed by atoms with Crippen molar-refractivity contribution in [1.82, 2.24) is 5.43 Å². The lowest BCUT2D eigenvalue weighted by molar-refractivity contribution is -0.127. The number of nitrogens with zero attached hydrogens (tertiary/aromatic N) is 1. The summed E-state index contributed by atoms with van der Waals surface area (Å²) < 4.78 is 11.4. The second-order valence-corrected chi connectivity index (χ2v) is 7.31.